The van der Waals surface area contributed by atoms with E-state index in [4.69, 9.17) is 28.8 Å². The number of carboxylic acid groups (broad SMARTS) is 1. The Morgan fingerprint density at radius 2 is 1.35 bits per heavy atom. The van der Waals surface area contributed by atoms with E-state index in [9.17, 15) is 22.8 Å². The van der Waals surface area contributed by atoms with Gasteiger partial charge in [-0.2, -0.15) is 0 Å². The van der Waals surface area contributed by atoms with Crippen LogP contribution in [-0.2, 0) is 46.9 Å². The summed E-state index contributed by atoms with van der Waals surface area (Å²) in [4.78, 5) is 32.1. The molecule has 0 fully saturated rings. The first-order chi connectivity index (χ1) is 17.3. The van der Waals surface area contributed by atoms with E-state index in [1.807, 2.05) is 6.26 Å². The summed E-state index contributed by atoms with van der Waals surface area (Å²) in [6, 6.07) is 0. The van der Waals surface area contributed by atoms with Crippen LogP contribution in [0.5, 0.6) is 0 Å². The second-order valence-corrected chi connectivity index (χ2v) is 15.1. The lowest BCUT2D eigenvalue weighted by Crippen LogP contribution is -2.25. The minimum Gasteiger partial charge on any atom is -0.479 e. The van der Waals surface area contributed by atoms with Gasteiger partial charge in [-0.15, -0.1) is 0 Å². The molecule has 0 saturated heterocycles. The average molecular weight is 631 g/mol. The fraction of sp³-hybridized carbons (Fsp3) is 0.857. The molecule has 0 aromatic heterocycles. The van der Waals surface area contributed by atoms with Crippen LogP contribution in [-0.4, -0.2) is 119 Å². The highest BCUT2D eigenvalue weighted by Gasteiger charge is 2.13. The van der Waals surface area contributed by atoms with Gasteiger partial charge in [0.15, 0.2) is 26.2 Å². The Morgan fingerprint density at radius 1 is 0.865 bits per heavy atom. The first-order valence-electron chi connectivity index (χ1n) is 11.1. The molecule has 2 atom stereocenters. The van der Waals surface area contributed by atoms with Gasteiger partial charge in [0, 0.05) is 24.7 Å². The van der Waals surface area contributed by atoms with E-state index in [0.29, 0.717) is 52.0 Å². The molecule has 0 heterocycles. The molecule has 0 saturated carbocycles. The molecule has 222 valence electrons. The molecule has 0 aliphatic rings. The molecule has 0 aromatic carbocycles. The van der Waals surface area contributed by atoms with E-state index in [0.717, 1.165) is 16.5 Å². The quantitative estimate of drug-likeness (QED) is 0.126. The fourth-order valence-electron chi connectivity index (χ4n) is 1.59. The van der Waals surface area contributed by atoms with Crippen molar-refractivity contribution in [2.45, 2.75) is 39.9 Å². The summed E-state index contributed by atoms with van der Waals surface area (Å²) in [6.45, 7) is 9.48. The van der Waals surface area contributed by atoms with Gasteiger partial charge in [-0.05, 0) is 44.1 Å². The van der Waals surface area contributed by atoms with E-state index in [1.54, 1.807) is 35.4 Å². The summed E-state index contributed by atoms with van der Waals surface area (Å²) in [7, 11) is 1.54. The molecule has 11 nitrogen and oxygen atoms in total. The smallest absolute Gasteiger partial charge is 0.334 e. The van der Waals surface area contributed by atoms with Crippen LogP contribution >= 0.6 is 44.1 Å². The molecule has 0 rings (SSSR count). The van der Waals surface area contributed by atoms with Gasteiger partial charge in [0.2, 0.25) is 0 Å². The summed E-state index contributed by atoms with van der Waals surface area (Å²) < 4.78 is 45.3. The predicted molar refractivity (Wildman–Crippen MR) is 154 cm³/mol. The molecule has 0 unspecified atom stereocenters. The molecule has 0 bridgehead atoms. The zero-order valence-electron chi connectivity index (χ0n) is 22.6. The van der Waals surface area contributed by atoms with Gasteiger partial charge in [-0.25, -0.2) is 18.0 Å². The third-order valence-electron chi connectivity index (χ3n) is 3.42. The molecule has 37 heavy (non-hydrogen) atoms. The number of carbonyl (C=O) groups is 3. The number of carboxylic acids is 1. The van der Waals surface area contributed by atoms with Crippen molar-refractivity contribution in [3.63, 3.8) is 0 Å². The van der Waals surface area contributed by atoms with Gasteiger partial charge < -0.3 is 28.8 Å². The predicted octanol–water partition coefficient (Wildman–Crippen LogP) is 3.06. The van der Waals surface area contributed by atoms with Crippen molar-refractivity contribution >= 4 is 70.1 Å². The van der Waals surface area contributed by atoms with Gasteiger partial charge in [0.25, 0.3) is 0 Å². The van der Waals surface area contributed by atoms with Crippen LogP contribution in [0.3, 0.4) is 0 Å². The first-order valence-corrected chi connectivity index (χ1v) is 18.5. The molecular weight excluding hydrogens is 589 g/mol. The maximum Gasteiger partial charge on any atom is 0.334 e. The zero-order chi connectivity index (χ0) is 29.1. The summed E-state index contributed by atoms with van der Waals surface area (Å²) >= 11 is 1.23. The van der Waals surface area contributed by atoms with Crippen LogP contribution < -0.4 is 0 Å². The number of ether oxygens (including phenoxy) is 5. The summed E-state index contributed by atoms with van der Waals surface area (Å²) in [6.07, 6.45) is 3.42. The monoisotopic (exact) mass is 630 g/mol. The maximum atomic E-state index is 11.2. The van der Waals surface area contributed by atoms with Crippen molar-refractivity contribution in [3.05, 3.63) is 0 Å². The van der Waals surface area contributed by atoms with E-state index in [-0.39, 0.29) is 11.1 Å². The van der Waals surface area contributed by atoms with Crippen LogP contribution in [0.1, 0.15) is 27.7 Å². The third-order valence-corrected chi connectivity index (χ3v) is 8.40. The standard InChI is InChI=1S/C11H20O5S.C8H16O4S2.C2H6O2S2/c1-4-15-11(13)9(2)16-6-5-14-7-8-17-10(3)12;1-7(8(9)10)12-4-3-11-5-6-14-13-2;1-5-6(2,3)4/h9H,4-8H2,1-3H3;7H,3-6H2,1-2H3,(H,9,10);1-2H3/t9-;7-;/m00./s1. The van der Waals surface area contributed by atoms with E-state index >= 15 is 0 Å². The Labute approximate surface area is 237 Å². The topological polar surface area (TPSA) is 152 Å². The fourth-order valence-corrected chi connectivity index (χ4v) is 3.14. The van der Waals surface area contributed by atoms with Crippen molar-refractivity contribution in [1.82, 2.24) is 0 Å². The second-order valence-electron chi connectivity index (χ2n) is 6.54. The van der Waals surface area contributed by atoms with E-state index in [2.05, 4.69) is 0 Å². The van der Waals surface area contributed by atoms with Crippen LogP contribution in [0.25, 0.3) is 0 Å². The highest BCUT2D eigenvalue weighted by atomic mass is 33.1. The highest BCUT2D eigenvalue weighted by molar-refractivity contribution is 8.76. The van der Waals surface area contributed by atoms with Gasteiger partial charge in [-0.1, -0.05) is 33.3 Å². The number of thioether (sulfide) groups is 1. The minimum atomic E-state index is -2.75. The number of aliphatic carboxylic acids is 1. The molecule has 16 heteroatoms. The van der Waals surface area contributed by atoms with Gasteiger partial charge >= 0.3 is 11.9 Å². The molecule has 0 radical (unpaired) electrons. The minimum absolute atomic E-state index is 0.0841. The molecular formula is C21H42O11S5. The molecule has 1 N–H and O–H groups in total. The van der Waals surface area contributed by atoms with Gasteiger partial charge in [0.1, 0.15) is 0 Å². The van der Waals surface area contributed by atoms with E-state index < -0.39 is 27.0 Å². The van der Waals surface area contributed by atoms with Crippen molar-refractivity contribution in [2.75, 3.05) is 76.5 Å². The first kappa shape index (κ1) is 41.3. The second kappa shape index (κ2) is 28.8. The largest absolute Gasteiger partial charge is 0.479 e. The highest BCUT2D eigenvalue weighted by Crippen LogP contribution is 2.15. The number of carbonyl (C=O) groups excluding carboxylic acids is 2. The van der Waals surface area contributed by atoms with Crippen LogP contribution in [0.4, 0.5) is 0 Å². The average Bonchev–Trinajstić information content (AvgIpc) is 2.82. The summed E-state index contributed by atoms with van der Waals surface area (Å²) in [5, 5.41) is 8.57. The number of hydrogen-bond donors (Lipinski definition) is 1. The van der Waals surface area contributed by atoms with E-state index in [1.165, 1.54) is 38.1 Å². The Kier molecular flexibility index (Phi) is 32.1. The molecule has 0 amide bonds. The molecule has 0 aliphatic heterocycles. The summed E-state index contributed by atoms with van der Waals surface area (Å²) in [5.74, 6) is 0.279. The Balaban J connectivity index is -0.000000519. The molecule has 0 aromatic rings. The number of rotatable bonds is 19. The Hall–Kier alpha value is -0.200. The Bertz CT molecular complexity index is 678. The lowest BCUT2D eigenvalue weighted by Gasteiger charge is -2.11. The normalized spacial score (nSPS) is 12.3. The van der Waals surface area contributed by atoms with Crippen molar-refractivity contribution < 1.29 is 51.6 Å². The van der Waals surface area contributed by atoms with Crippen molar-refractivity contribution in [3.8, 4) is 0 Å². The Morgan fingerprint density at radius 3 is 1.76 bits per heavy atom. The number of hydrogen-bond acceptors (Lipinski definition) is 14. The lowest BCUT2D eigenvalue weighted by molar-refractivity contribution is -0.156. The maximum absolute atomic E-state index is 11.2. The van der Waals surface area contributed by atoms with Crippen molar-refractivity contribution in [1.29, 1.82) is 0 Å². The zero-order valence-corrected chi connectivity index (χ0v) is 26.7. The van der Waals surface area contributed by atoms with Gasteiger partial charge in [-0.3, -0.25) is 4.79 Å². The lowest BCUT2D eigenvalue weighted by atomic mass is 10.4. The van der Waals surface area contributed by atoms with Crippen LogP contribution in [0, 0.1) is 0 Å². The van der Waals surface area contributed by atoms with Crippen molar-refractivity contribution in [2.24, 2.45) is 0 Å². The SMILES string of the molecule is CCOC(=O)[C@H](C)OCCOCCSC(C)=O.CSS(C)(=O)=O.CSSCCOCCO[C@@H](C)C(=O)O. The number of esters is 1. The van der Waals surface area contributed by atoms with Gasteiger partial charge in [0.05, 0.1) is 46.2 Å². The van der Waals surface area contributed by atoms with Crippen LogP contribution in [0.15, 0.2) is 0 Å². The molecule has 0 aliphatic carbocycles. The third kappa shape index (κ3) is 38.0. The molecule has 0 spiro atoms. The van der Waals surface area contributed by atoms with Crippen LogP contribution in [0.2, 0.25) is 0 Å². The summed E-state index contributed by atoms with van der Waals surface area (Å²) in [5.41, 5.74) is 0.